The number of alkyl halides is 3. The number of halogens is 3. The summed E-state index contributed by atoms with van der Waals surface area (Å²) in [5, 5.41) is 12.3. The van der Waals surface area contributed by atoms with Gasteiger partial charge in [0.1, 0.15) is 12.3 Å². The standard InChI is InChI=1S/C24H28F3N5O5S/c1-14(30-21(33)13-22(34)31-17-5-2-15(3-6-17)23(28)29)16-4-7-20(19(12-16)24(25,26)27)38(35,36)32-18-8-10-37-11-9-18/h2-7,12,14,18,32H,8-11,13H2,1H3,(H3,28,29)(H,30,33)(H,31,34). The lowest BCUT2D eigenvalue weighted by molar-refractivity contribution is -0.140. The van der Waals surface area contributed by atoms with Crippen molar-refractivity contribution in [3.8, 4) is 0 Å². The maximum atomic E-state index is 13.8. The maximum absolute atomic E-state index is 13.8. The van der Waals surface area contributed by atoms with Gasteiger partial charge in [0.05, 0.1) is 16.5 Å². The lowest BCUT2D eigenvalue weighted by Crippen LogP contribution is -2.39. The van der Waals surface area contributed by atoms with Crippen LogP contribution in [0.4, 0.5) is 18.9 Å². The van der Waals surface area contributed by atoms with Crippen LogP contribution in [0.15, 0.2) is 47.4 Å². The summed E-state index contributed by atoms with van der Waals surface area (Å²) in [6.45, 7) is 2.03. The number of hydrogen-bond acceptors (Lipinski definition) is 6. The molecule has 2 aromatic rings. The number of amides is 2. The highest BCUT2D eigenvalue weighted by molar-refractivity contribution is 7.89. The minimum absolute atomic E-state index is 0.0101. The van der Waals surface area contributed by atoms with Gasteiger partial charge >= 0.3 is 6.18 Å². The summed E-state index contributed by atoms with van der Waals surface area (Å²) in [5.74, 6) is -1.56. The number of nitrogen functional groups attached to an aromatic ring is 1. The van der Waals surface area contributed by atoms with E-state index in [2.05, 4.69) is 15.4 Å². The Bertz CT molecular complexity index is 1290. The minimum Gasteiger partial charge on any atom is -0.384 e. The summed E-state index contributed by atoms with van der Waals surface area (Å²) in [7, 11) is -4.48. The van der Waals surface area contributed by atoms with Crippen LogP contribution in [-0.2, 0) is 30.5 Å². The second kappa shape index (κ2) is 11.9. The number of rotatable bonds is 9. The molecule has 0 radical (unpaired) electrons. The van der Waals surface area contributed by atoms with Crippen molar-refractivity contribution < 1.29 is 35.9 Å². The number of benzene rings is 2. The molecule has 1 aliphatic rings. The quantitative estimate of drug-likeness (QED) is 0.181. The Morgan fingerprint density at radius 2 is 1.74 bits per heavy atom. The van der Waals surface area contributed by atoms with Crippen LogP contribution in [0, 0.1) is 5.41 Å². The first-order valence-corrected chi connectivity index (χ1v) is 13.1. The number of sulfonamides is 1. The molecule has 38 heavy (non-hydrogen) atoms. The predicted octanol–water partition coefficient (Wildman–Crippen LogP) is 2.65. The van der Waals surface area contributed by atoms with Crippen LogP contribution in [0.5, 0.6) is 0 Å². The fourth-order valence-corrected chi connectivity index (χ4v) is 5.34. The van der Waals surface area contributed by atoms with Gasteiger partial charge in [-0.2, -0.15) is 13.2 Å². The zero-order valence-electron chi connectivity index (χ0n) is 20.4. The van der Waals surface area contributed by atoms with Gasteiger partial charge in [0, 0.05) is 30.5 Å². The van der Waals surface area contributed by atoms with E-state index in [9.17, 15) is 31.2 Å². The molecule has 1 atom stereocenters. The molecule has 0 aromatic heterocycles. The zero-order valence-corrected chi connectivity index (χ0v) is 21.2. The zero-order chi connectivity index (χ0) is 28.1. The molecule has 14 heteroatoms. The molecule has 2 amide bonds. The van der Waals surface area contributed by atoms with E-state index >= 15 is 0 Å². The molecule has 0 bridgehead atoms. The van der Waals surface area contributed by atoms with E-state index in [-0.39, 0.29) is 11.4 Å². The summed E-state index contributed by atoms with van der Waals surface area (Å²) in [4.78, 5) is 23.6. The van der Waals surface area contributed by atoms with E-state index < -0.39 is 57.0 Å². The van der Waals surface area contributed by atoms with Crippen molar-refractivity contribution in [3.05, 3.63) is 59.2 Å². The van der Waals surface area contributed by atoms with Crippen LogP contribution in [-0.4, -0.2) is 45.3 Å². The molecule has 0 spiro atoms. The van der Waals surface area contributed by atoms with Crippen molar-refractivity contribution in [1.29, 1.82) is 5.41 Å². The molecule has 1 aliphatic heterocycles. The van der Waals surface area contributed by atoms with Crippen LogP contribution in [0.25, 0.3) is 0 Å². The summed E-state index contributed by atoms with van der Waals surface area (Å²) in [6, 6.07) is 7.27. The van der Waals surface area contributed by atoms with Crippen LogP contribution >= 0.6 is 0 Å². The van der Waals surface area contributed by atoms with Gasteiger partial charge < -0.3 is 21.1 Å². The van der Waals surface area contributed by atoms with E-state index in [1.54, 1.807) is 0 Å². The van der Waals surface area contributed by atoms with Crippen LogP contribution in [0.3, 0.4) is 0 Å². The van der Waals surface area contributed by atoms with Crippen molar-refractivity contribution in [1.82, 2.24) is 10.0 Å². The second-order valence-electron chi connectivity index (χ2n) is 8.77. The Balaban J connectivity index is 1.68. The number of ether oxygens (including phenoxy) is 1. The van der Waals surface area contributed by atoms with Crippen LogP contribution < -0.4 is 21.1 Å². The molecular formula is C24H28F3N5O5S. The number of nitrogens with one attached hydrogen (secondary N) is 4. The van der Waals surface area contributed by atoms with Gasteiger partial charge in [0.2, 0.25) is 21.8 Å². The molecule has 0 aliphatic carbocycles. The number of hydrogen-bond donors (Lipinski definition) is 5. The van der Waals surface area contributed by atoms with E-state index in [1.807, 2.05) is 0 Å². The van der Waals surface area contributed by atoms with E-state index in [1.165, 1.54) is 37.3 Å². The predicted molar refractivity (Wildman–Crippen MR) is 133 cm³/mol. The summed E-state index contributed by atoms with van der Waals surface area (Å²) < 4.78 is 74.5. The van der Waals surface area contributed by atoms with Gasteiger partial charge in [-0.15, -0.1) is 0 Å². The fraction of sp³-hybridized carbons (Fsp3) is 0.375. The molecule has 1 unspecified atom stereocenters. The van der Waals surface area contributed by atoms with E-state index in [0.29, 0.717) is 43.4 Å². The smallest absolute Gasteiger partial charge is 0.384 e. The molecule has 3 rings (SSSR count). The molecule has 206 valence electrons. The van der Waals surface area contributed by atoms with Gasteiger partial charge in [-0.3, -0.25) is 15.0 Å². The Morgan fingerprint density at radius 3 is 2.32 bits per heavy atom. The maximum Gasteiger partial charge on any atom is 0.417 e. The fourth-order valence-electron chi connectivity index (χ4n) is 3.83. The second-order valence-corrected chi connectivity index (χ2v) is 10.4. The largest absolute Gasteiger partial charge is 0.417 e. The van der Waals surface area contributed by atoms with Crippen LogP contribution in [0.1, 0.15) is 48.9 Å². The lowest BCUT2D eigenvalue weighted by atomic mass is 10.0. The third-order valence-corrected chi connectivity index (χ3v) is 7.40. The average molecular weight is 556 g/mol. The van der Waals surface area contributed by atoms with Crippen molar-refractivity contribution >= 4 is 33.4 Å². The normalized spacial score (nSPS) is 15.5. The van der Waals surface area contributed by atoms with Gasteiger partial charge in [0.15, 0.2) is 0 Å². The number of anilines is 1. The van der Waals surface area contributed by atoms with Crippen molar-refractivity contribution in [2.24, 2.45) is 5.73 Å². The van der Waals surface area contributed by atoms with Gasteiger partial charge in [0.25, 0.3) is 0 Å². The molecule has 1 heterocycles. The number of amidine groups is 1. The molecule has 0 saturated carbocycles. The van der Waals surface area contributed by atoms with Gasteiger partial charge in [-0.25, -0.2) is 13.1 Å². The topological polar surface area (TPSA) is 163 Å². The number of nitrogens with two attached hydrogens (primary N) is 1. The number of carbonyl (C=O) groups excluding carboxylic acids is 2. The van der Waals surface area contributed by atoms with E-state index in [0.717, 1.165) is 6.07 Å². The van der Waals surface area contributed by atoms with Crippen molar-refractivity contribution in [2.75, 3.05) is 18.5 Å². The highest BCUT2D eigenvalue weighted by Crippen LogP contribution is 2.36. The minimum atomic E-state index is -4.97. The van der Waals surface area contributed by atoms with Gasteiger partial charge in [-0.1, -0.05) is 6.07 Å². The average Bonchev–Trinajstić information content (AvgIpc) is 2.83. The Morgan fingerprint density at radius 1 is 1.11 bits per heavy atom. The molecule has 1 fully saturated rings. The SMILES string of the molecule is CC(NC(=O)CC(=O)Nc1ccc(C(=N)N)cc1)c1ccc(S(=O)(=O)NC2CCOCC2)c(C(F)(F)F)c1. The third kappa shape index (κ3) is 7.76. The molecule has 10 nitrogen and oxygen atoms in total. The van der Waals surface area contributed by atoms with Crippen molar-refractivity contribution in [2.45, 2.75) is 49.3 Å². The lowest BCUT2D eigenvalue weighted by Gasteiger charge is -2.24. The molecular weight excluding hydrogens is 527 g/mol. The highest BCUT2D eigenvalue weighted by atomic mass is 32.2. The van der Waals surface area contributed by atoms with Crippen LogP contribution in [0.2, 0.25) is 0 Å². The first-order chi connectivity index (χ1) is 17.8. The Kier molecular flexibility index (Phi) is 9.12. The molecule has 1 saturated heterocycles. The third-order valence-electron chi connectivity index (χ3n) is 5.82. The molecule has 6 N–H and O–H groups in total. The summed E-state index contributed by atoms with van der Waals surface area (Å²) in [6.07, 6.45) is -4.89. The number of carbonyl (C=O) groups is 2. The monoisotopic (exact) mass is 555 g/mol. The molecule has 2 aromatic carbocycles. The Hall–Kier alpha value is -3.49. The van der Waals surface area contributed by atoms with E-state index in [4.69, 9.17) is 15.9 Å². The summed E-state index contributed by atoms with van der Waals surface area (Å²) in [5.41, 5.74) is 4.83. The first kappa shape index (κ1) is 29.1. The Labute approximate surface area is 217 Å². The highest BCUT2D eigenvalue weighted by Gasteiger charge is 2.38. The van der Waals surface area contributed by atoms with Crippen molar-refractivity contribution in [3.63, 3.8) is 0 Å². The first-order valence-electron chi connectivity index (χ1n) is 11.6. The van der Waals surface area contributed by atoms with Gasteiger partial charge in [-0.05, 0) is 61.7 Å². The summed E-state index contributed by atoms with van der Waals surface area (Å²) >= 11 is 0.